The highest BCUT2D eigenvalue weighted by Gasteiger charge is 2.00. The van der Waals surface area contributed by atoms with Gasteiger partial charge in [0, 0.05) is 25.5 Å². The average molecular weight is 326 g/mol. The Balaban J connectivity index is 0.00000242. The molecule has 6 nitrogen and oxygen atoms in total. The zero-order valence-electron chi connectivity index (χ0n) is 12.1. The minimum Gasteiger partial charge on any atom is -0.424 e. The molecule has 0 fully saturated rings. The lowest BCUT2D eigenvalue weighted by Crippen LogP contribution is -2.19. The molecule has 1 aromatic heterocycles. The summed E-state index contributed by atoms with van der Waals surface area (Å²) in [5.74, 6) is 0.706. The second-order valence-electron chi connectivity index (χ2n) is 4.29. The molecule has 2 N–H and O–H groups in total. The maximum absolute atomic E-state index is 8.58. The van der Waals surface area contributed by atoms with Crippen molar-refractivity contribution >= 4 is 12.4 Å². The number of aliphatic hydroxyl groups is 1. The molecule has 2 aromatic rings. The number of nitrogens with one attached hydrogen (secondary N) is 1. The van der Waals surface area contributed by atoms with Crippen molar-refractivity contribution in [1.82, 2.24) is 15.3 Å². The molecule has 2 rings (SSSR count). The number of nitrogens with zero attached hydrogens (tertiary/aromatic N) is 2. The Morgan fingerprint density at radius 1 is 1.09 bits per heavy atom. The van der Waals surface area contributed by atoms with E-state index < -0.39 is 0 Å². The topological polar surface area (TPSA) is 76.5 Å². The Kier molecular flexibility index (Phi) is 9.09. The maximum atomic E-state index is 8.58. The van der Waals surface area contributed by atoms with Crippen molar-refractivity contribution in [3.8, 4) is 11.8 Å². The predicted molar refractivity (Wildman–Crippen MR) is 85.4 cm³/mol. The van der Waals surface area contributed by atoms with E-state index in [-0.39, 0.29) is 19.0 Å². The minimum atomic E-state index is 0. The van der Waals surface area contributed by atoms with E-state index in [1.807, 2.05) is 24.3 Å². The number of hydrogen-bond acceptors (Lipinski definition) is 6. The Hall–Kier alpha value is -1.73. The highest BCUT2D eigenvalue weighted by Crippen LogP contribution is 2.18. The number of benzene rings is 1. The van der Waals surface area contributed by atoms with Gasteiger partial charge in [0.2, 0.25) is 0 Å². The van der Waals surface area contributed by atoms with Crippen LogP contribution in [0.2, 0.25) is 0 Å². The van der Waals surface area contributed by atoms with E-state index in [1.165, 1.54) is 0 Å². The summed E-state index contributed by atoms with van der Waals surface area (Å²) in [6, 6.07) is 9.83. The molecule has 1 heterocycles. The lowest BCUT2D eigenvalue weighted by molar-refractivity contribution is 0.0938. The summed E-state index contributed by atoms with van der Waals surface area (Å²) in [6.45, 7) is 2.46. The van der Waals surface area contributed by atoms with Gasteiger partial charge >= 0.3 is 6.01 Å². The van der Waals surface area contributed by atoms with Gasteiger partial charge in [0.15, 0.2) is 0 Å². The second kappa shape index (κ2) is 10.9. The van der Waals surface area contributed by atoms with Gasteiger partial charge in [0.25, 0.3) is 0 Å². The van der Waals surface area contributed by atoms with Crippen LogP contribution in [-0.2, 0) is 11.3 Å². The molecule has 0 aliphatic carbocycles. The first-order valence-corrected chi connectivity index (χ1v) is 6.81. The van der Waals surface area contributed by atoms with Crippen LogP contribution >= 0.6 is 12.4 Å². The Bertz CT molecular complexity index is 528. The molecule has 0 saturated carbocycles. The fourth-order valence-corrected chi connectivity index (χ4v) is 1.71. The van der Waals surface area contributed by atoms with Gasteiger partial charge in [-0.15, -0.1) is 12.4 Å². The normalized spacial score (nSPS) is 10.0. The first kappa shape index (κ1) is 18.3. The summed E-state index contributed by atoms with van der Waals surface area (Å²) in [5.41, 5.74) is 1.10. The molecule has 0 aliphatic heterocycles. The molecule has 22 heavy (non-hydrogen) atoms. The van der Waals surface area contributed by atoms with Crippen molar-refractivity contribution in [2.24, 2.45) is 0 Å². The fraction of sp³-hybridized carbons (Fsp3) is 0.333. The maximum Gasteiger partial charge on any atom is 0.321 e. The van der Waals surface area contributed by atoms with Gasteiger partial charge < -0.3 is 19.9 Å². The molecule has 1 aromatic carbocycles. The van der Waals surface area contributed by atoms with E-state index in [2.05, 4.69) is 15.3 Å². The molecule has 120 valence electrons. The van der Waals surface area contributed by atoms with E-state index in [4.69, 9.17) is 14.6 Å². The quantitative estimate of drug-likeness (QED) is 0.685. The van der Waals surface area contributed by atoms with Crippen LogP contribution in [0, 0.1) is 0 Å². The van der Waals surface area contributed by atoms with Crippen LogP contribution in [-0.4, -0.2) is 41.4 Å². The number of rotatable bonds is 9. The molecule has 0 unspecified atom stereocenters. The first-order valence-electron chi connectivity index (χ1n) is 6.81. The van der Waals surface area contributed by atoms with Gasteiger partial charge in [-0.25, -0.2) is 9.97 Å². The van der Waals surface area contributed by atoms with E-state index >= 15 is 0 Å². The fourth-order valence-electron chi connectivity index (χ4n) is 1.71. The van der Waals surface area contributed by atoms with E-state index in [1.54, 1.807) is 18.5 Å². The summed E-state index contributed by atoms with van der Waals surface area (Å²) in [7, 11) is 0. The second-order valence-corrected chi connectivity index (χ2v) is 4.29. The number of hydrogen-bond donors (Lipinski definition) is 2. The molecular weight excluding hydrogens is 306 g/mol. The SMILES string of the molecule is Cl.OCCOCCNCc1cccc(Oc2ncccn2)c1. The molecule has 0 aliphatic rings. The smallest absolute Gasteiger partial charge is 0.321 e. The summed E-state index contributed by atoms with van der Waals surface area (Å²) >= 11 is 0. The van der Waals surface area contributed by atoms with Gasteiger partial charge in [0.05, 0.1) is 19.8 Å². The minimum absolute atomic E-state index is 0. The van der Waals surface area contributed by atoms with Crippen molar-refractivity contribution < 1.29 is 14.6 Å². The largest absolute Gasteiger partial charge is 0.424 e. The van der Waals surface area contributed by atoms with Crippen molar-refractivity contribution in [3.05, 3.63) is 48.3 Å². The van der Waals surface area contributed by atoms with Gasteiger partial charge in [0.1, 0.15) is 5.75 Å². The standard InChI is InChI=1S/C15H19N3O3.ClH/c19-8-10-20-9-7-16-12-13-3-1-4-14(11-13)21-15-17-5-2-6-18-15;/h1-6,11,16,19H,7-10,12H2;1H. The van der Waals surface area contributed by atoms with Gasteiger partial charge in [-0.05, 0) is 23.8 Å². The van der Waals surface area contributed by atoms with Crippen molar-refractivity contribution in [1.29, 1.82) is 0 Å². The van der Waals surface area contributed by atoms with E-state index in [0.717, 1.165) is 18.7 Å². The van der Waals surface area contributed by atoms with Crippen LogP contribution in [0.5, 0.6) is 11.8 Å². The highest BCUT2D eigenvalue weighted by atomic mass is 35.5. The monoisotopic (exact) mass is 325 g/mol. The summed E-state index contributed by atoms with van der Waals surface area (Å²) in [6.07, 6.45) is 3.28. The number of aromatic nitrogens is 2. The van der Waals surface area contributed by atoms with E-state index in [0.29, 0.717) is 25.0 Å². The van der Waals surface area contributed by atoms with Crippen LogP contribution in [0.25, 0.3) is 0 Å². The summed E-state index contributed by atoms with van der Waals surface area (Å²) < 4.78 is 10.7. The Morgan fingerprint density at radius 2 is 1.91 bits per heavy atom. The third-order valence-corrected chi connectivity index (χ3v) is 2.64. The number of aliphatic hydroxyl groups excluding tert-OH is 1. The van der Waals surface area contributed by atoms with Crippen LogP contribution in [0.1, 0.15) is 5.56 Å². The zero-order chi connectivity index (χ0) is 14.8. The molecule has 0 atom stereocenters. The number of ether oxygens (including phenoxy) is 2. The molecule has 0 bridgehead atoms. The lowest BCUT2D eigenvalue weighted by Gasteiger charge is -2.07. The first-order chi connectivity index (χ1) is 10.4. The zero-order valence-corrected chi connectivity index (χ0v) is 13.0. The molecule has 0 saturated heterocycles. The summed E-state index contributed by atoms with van der Waals surface area (Å²) in [4.78, 5) is 8.04. The van der Waals surface area contributed by atoms with Crippen LogP contribution < -0.4 is 10.1 Å². The summed E-state index contributed by atoms with van der Waals surface area (Å²) in [5, 5.41) is 11.8. The Morgan fingerprint density at radius 3 is 2.68 bits per heavy atom. The van der Waals surface area contributed by atoms with Crippen molar-refractivity contribution in [2.75, 3.05) is 26.4 Å². The lowest BCUT2D eigenvalue weighted by atomic mass is 10.2. The van der Waals surface area contributed by atoms with E-state index in [9.17, 15) is 0 Å². The molecular formula is C15H20ClN3O3. The molecule has 0 spiro atoms. The van der Waals surface area contributed by atoms with Crippen molar-refractivity contribution in [3.63, 3.8) is 0 Å². The van der Waals surface area contributed by atoms with Crippen molar-refractivity contribution in [2.45, 2.75) is 6.54 Å². The van der Waals surface area contributed by atoms with Gasteiger partial charge in [-0.3, -0.25) is 0 Å². The highest BCUT2D eigenvalue weighted by molar-refractivity contribution is 5.85. The van der Waals surface area contributed by atoms with Gasteiger partial charge in [-0.1, -0.05) is 12.1 Å². The molecule has 7 heteroatoms. The average Bonchev–Trinajstić information content (AvgIpc) is 2.52. The van der Waals surface area contributed by atoms with Gasteiger partial charge in [-0.2, -0.15) is 0 Å². The molecule has 0 amide bonds. The molecule has 0 radical (unpaired) electrons. The third kappa shape index (κ3) is 6.82. The predicted octanol–water partition coefficient (Wildman–Crippen LogP) is 1.79. The number of halogens is 1. The van der Waals surface area contributed by atoms with Crippen LogP contribution in [0.15, 0.2) is 42.7 Å². The van der Waals surface area contributed by atoms with Crippen LogP contribution in [0.4, 0.5) is 0 Å². The Labute approximate surface area is 135 Å². The van der Waals surface area contributed by atoms with Crippen LogP contribution in [0.3, 0.4) is 0 Å². The third-order valence-electron chi connectivity index (χ3n) is 2.64.